The van der Waals surface area contributed by atoms with E-state index in [0.29, 0.717) is 13.1 Å². The molecule has 0 spiro atoms. The van der Waals surface area contributed by atoms with Gasteiger partial charge in [-0.15, -0.1) is 0 Å². The zero-order valence-electron chi connectivity index (χ0n) is 10.2. The molecule has 1 aromatic rings. The third kappa shape index (κ3) is 2.94. The Bertz CT molecular complexity index is 399. The van der Waals surface area contributed by atoms with Crippen LogP contribution in [0.5, 0.6) is 0 Å². The van der Waals surface area contributed by atoms with Gasteiger partial charge in [0.2, 0.25) is 0 Å². The van der Waals surface area contributed by atoms with Crippen LogP contribution < -0.4 is 11.1 Å². The van der Waals surface area contributed by atoms with Crippen LogP contribution >= 0.6 is 0 Å². The normalized spacial score (nSPS) is 20.5. The van der Waals surface area contributed by atoms with Crippen LogP contribution in [0.3, 0.4) is 0 Å². The van der Waals surface area contributed by atoms with Crippen molar-refractivity contribution < 1.29 is 4.79 Å². The number of hydrogen-bond acceptors (Lipinski definition) is 3. The lowest BCUT2D eigenvalue weighted by molar-refractivity contribution is 0.207. The number of hydrogen-bond donors (Lipinski definition) is 2. The Morgan fingerprint density at radius 3 is 3.00 bits per heavy atom. The summed E-state index contributed by atoms with van der Waals surface area (Å²) in [4.78, 5) is 17.6. The summed E-state index contributed by atoms with van der Waals surface area (Å²) >= 11 is 0. The van der Waals surface area contributed by atoms with Crippen LogP contribution in [-0.4, -0.2) is 34.5 Å². The second kappa shape index (κ2) is 4.33. The topological polar surface area (TPSA) is 71.2 Å². The minimum atomic E-state index is -0.374. The van der Waals surface area contributed by atoms with Crippen LogP contribution in [0.2, 0.25) is 0 Å². The number of nitrogens with one attached hydrogen (secondary N) is 1. The Kier molecular flexibility index (Phi) is 3.02. The fraction of sp³-hybridized carbons (Fsp3) is 0.500. The summed E-state index contributed by atoms with van der Waals surface area (Å²) in [6.45, 7) is 5.02. The van der Waals surface area contributed by atoms with Crippen LogP contribution in [-0.2, 0) is 0 Å². The van der Waals surface area contributed by atoms with E-state index in [-0.39, 0.29) is 17.6 Å². The van der Waals surface area contributed by atoms with Crippen LogP contribution in [0.25, 0.3) is 0 Å². The molecule has 0 aromatic carbocycles. The smallest absolute Gasteiger partial charge is 0.318 e. The number of nitrogens with two attached hydrogens (primary N) is 1. The van der Waals surface area contributed by atoms with Gasteiger partial charge in [0.25, 0.3) is 0 Å². The molecule has 0 radical (unpaired) electrons. The molecule has 1 saturated heterocycles. The maximum atomic E-state index is 11.8. The van der Waals surface area contributed by atoms with E-state index in [4.69, 9.17) is 5.73 Å². The SMILES string of the molecule is CC(C)(N)CN1CC(c2cccnc2)NC1=O. The van der Waals surface area contributed by atoms with Crippen molar-refractivity contribution in [3.63, 3.8) is 0 Å². The number of aromatic nitrogens is 1. The molecule has 92 valence electrons. The first-order valence-electron chi connectivity index (χ1n) is 5.70. The number of nitrogens with zero attached hydrogens (tertiary/aromatic N) is 2. The molecule has 1 unspecified atom stereocenters. The first-order valence-corrected chi connectivity index (χ1v) is 5.70. The van der Waals surface area contributed by atoms with Crippen molar-refractivity contribution in [2.45, 2.75) is 25.4 Å². The lowest BCUT2D eigenvalue weighted by Crippen LogP contribution is -2.46. The number of carbonyl (C=O) groups excluding carboxylic acids is 1. The Balaban J connectivity index is 2.05. The van der Waals surface area contributed by atoms with E-state index in [1.54, 1.807) is 17.3 Å². The van der Waals surface area contributed by atoms with Gasteiger partial charge < -0.3 is 16.0 Å². The van der Waals surface area contributed by atoms with Gasteiger partial charge in [-0.2, -0.15) is 0 Å². The standard InChI is InChI=1S/C12H18N4O/c1-12(2,13)8-16-7-10(15-11(16)17)9-4-3-5-14-6-9/h3-6,10H,7-8,13H2,1-2H3,(H,15,17). The van der Waals surface area contributed by atoms with Gasteiger partial charge in [0.1, 0.15) is 0 Å². The lowest BCUT2D eigenvalue weighted by Gasteiger charge is -2.25. The van der Waals surface area contributed by atoms with Crippen molar-refractivity contribution in [3.8, 4) is 0 Å². The summed E-state index contributed by atoms with van der Waals surface area (Å²) in [6.07, 6.45) is 3.50. The predicted molar refractivity (Wildman–Crippen MR) is 65.3 cm³/mol. The molecule has 2 heterocycles. The van der Waals surface area contributed by atoms with Crippen LogP contribution in [0.1, 0.15) is 25.5 Å². The Labute approximate surface area is 101 Å². The van der Waals surface area contributed by atoms with Crippen LogP contribution in [0.15, 0.2) is 24.5 Å². The zero-order chi connectivity index (χ0) is 12.5. The van der Waals surface area contributed by atoms with E-state index < -0.39 is 0 Å². The molecule has 1 aliphatic rings. The number of pyridine rings is 1. The molecule has 0 bridgehead atoms. The van der Waals surface area contributed by atoms with Crippen LogP contribution in [0.4, 0.5) is 4.79 Å². The fourth-order valence-corrected chi connectivity index (χ4v) is 1.99. The second-order valence-electron chi connectivity index (χ2n) is 5.16. The summed E-state index contributed by atoms with van der Waals surface area (Å²) in [5.74, 6) is 0. The first kappa shape index (κ1) is 11.9. The molecule has 5 nitrogen and oxygen atoms in total. The summed E-state index contributed by atoms with van der Waals surface area (Å²) < 4.78 is 0. The Hall–Kier alpha value is -1.62. The van der Waals surface area contributed by atoms with Crippen LogP contribution in [0, 0.1) is 0 Å². The Morgan fingerprint density at radius 2 is 2.41 bits per heavy atom. The highest BCUT2D eigenvalue weighted by Crippen LogP contribution is 2.20. The molecule has 1 atom stereocenters. The number of urea groups is 1. The molecule has 1 aromatic heterocycles. The molecule has 3 N–H and O–H groups in total. The van der Waals surface area contributed by atoms with E-state index in [0.717, 1.165) is 5.56 Å². The number of rotatable bonds is 3. The maximum absolute atomic E-state index is 11.8. The predicted octanol–water partition coefficient (Wildman–Crippen LogP) is 0.885. The average molecular weight is 234 g/mol. The quantitative estimate of drug-likeness (QED) is 0.815. The summed E-state index contributed by atoms with van der Waals surface area (Å²) in [7, 11) is 0. The minimum Gasteiger partial charge on any atom is -0.329 e. The zero-order valence-corrected chi connectivity index (χ0v) is 10.2. The van der Waals surface area contributed by atoms with E-state index in [9.17, 15) is 4.79 Å². The number of amides is 2. The molecule has 5 heteroatoms. The van der Waals surface area contributed by atoms with Gasteiger partial charge in [-0.05, 0) is 25.5 Å². The summed E-state index contributed by atoms with van der Waals surface area (Å²) in [6, 6.07) is 3.79. The monoisotopic (exact) mass is 234 g/mol. The first-order chi connectivity index (χ1) is 7.96. The van der Waals surface area contributed by atoms with E-state index in [1.165, 1.54) is 0 Å². The maximum Gasteiger partial charge on any atom is 0.318 e. The van der Waals surface area contributed by atoms with Crippen molar-refractivity contribution in [1.82, 2.24) is 15.2 Å². The molecule has 0 aliphatic carbocycles. The highest BCUT2D eigenvalue weighted by Gasteiger charge is 2.32. The van der Waals surface area contributed by atoms with E-state index in [2.05, 4.69) is 10.3 Å². The van der Waals surface area contributed by atoms with Crippen molar-refractivity contribution in [3.05, 3.63) is 30.1 Å². The summed E-state index contributed by atoms with van der Waals surface area (Å²) in [5.41, 5.74) is 6.58. The molecular formula is C12H18N4O. The van der Waals surface area contributed by atoms with Gasteiger partial charge in [-0.3, -0.25) is 4.98 Å². The molecular weight excluding hydrogens is 216 g/mol. The Morgan fingerprint density at radius 1 is 1.65 bits per heavy atom. The third-order valence-corrected chi connectivity index (χ3v) is 2.67. The second-order valence-corrected chi connectivity index (χ2v) is 5.16. The van der Waals surface area contributed by atoms with Gasteiger partial charge in [0.05, 0.1) is 6.04 Å². The van der Waals surface area contributed by atoms with Crippen molar-refractivity contribution in [2.75, 3.05) is 13.1 Å². The molecule has 17 heavy (non-hydrogen) atoms. The number of carbonyl (C=O) groups is 1. The molecule has 2 rings (SSSR count). The molecule has 1 aliphatic heterocycles. The fourth-order valence-electron chi connectivity index (χ4n) is 1.99. The van der Waals surface area contributed by atoms with Crippen molar-refractivity contribution in [2.24, 2.45) is 5.73 Å². The van der Waals surface area contributed by atoms with Gasteiger partial charge >= 0.3 is 6.03 Å². The third-order valence-electron chi connectivity index (χ3n) is 2.67. The van der Waals surface area contributed by atoms with E-state index in [1.807, 2.05) is 26.0 Å². The highest BCUT2D eigenvalue weighted by atomic mass is 16.2. The lowest BCUT2D eigenvalue weighted by atomic mass is 10.1. The highest BCUT2D eigenvalue weighted by molar-refractivity contribution is 5.77. The van der Waals surface area contributed by atoms with E-state index >= 15 is 0 Å². The molecule has 2 amide bonds. The average Bonchev–Trinajstić information content (AvgIpc) is 2.59. The summed E-state index contributed by atoms with van der Waals surface area (Å²) in [5, 5.41) is 2.93. The van der Waals surface area contributed by atoms with Crippen molar-refractivity contribution >= 4 is 6.03 Å². The molecule has 1 fully saturated rings. The van der Waals surface area contributed by atoms with Crippen molar-refractivity contribution in [1.29, 1.82) is 0 Å². The largest absolute Gasteiger partial charge is 0.329 e. The van der Waals surface area contributed by atoms with Gasteiger partial charge in [-0.1, -0.05) is 6.07 Å². The molecule has 0 saturated carbocycles. The van der Waals surface area contributed by atoms with Gasteiger partial charge in [0.15, 0.2) is 0 Å². The van der Waals surface area contributed by atoms with Gasteiger partial charge in [-0.25, -0.2) is 4.79 Å². The van der Waals surface area contributed by atoms with Gasteiger partial charge in [0, 0.05) is 31.0 Å². The minimum absolute atomic E-state index is 0.0125.